The predicted octanol–water partition coefficient (Wildman–Crippen LogP) is 14.9. The van der Waals surface area contributed by atoms with Crippen molar-refractivity contribution in [3.05, 3.63) is 224 Å². The van der Waals surface area contributed by atoms with Gasteiger partial charge in [-0.3, -0.25) is 0 Å². The smallest absolute Gasteiger partial charge is 0.0547 e. The second-order valence-electron chi connectivity index (χ2n) is 14.3. The summed E-state index contributed by atoms with van der Waals surface area (Å²) in [5.41, 5.74) is 17.4. The van der Waals surface area contributed by atoms with Crippen LogP contribution in [0.15, 0.2) is 224 Å². The summed E-state index contributed by atoms with van der Waals surface area (Å²) in [6, 6.07) is 80.7. The molecule has 10 rings (SSSR count). The molecule has 0 spiro atoms. The fourth-order valence-corrected chi connectivity index (χ4v) is 8.02. The van der Waals surface area contributed by atoms with Crippen LogP contribution in [0, 0.1) is 0 Å². The number of aromatic nitrogens is 1. The van der Waals surface area contributed by atoms with E-state index >= 15 is 0 Å². The Balaban J connectivity index is 1.12. The maximum absolute atomic E-state index is 3.77. The summed E-state index contributed by atoms with van der Waals surface area (Å²) < 4.78 is 2.45. The van der Waals surface area contributed by atoms with Crippen molar-refractivity contribution in [1.82, 2.24) is 4.57 Å². The molecule has 10 aromatic rings. The van der Waals surface area contributed by atoms with Crippen LogP contribution in [0.4, 0.5) is 11.4 Å². The lowest BCUT2D eigenvalue weighted by Crippen LogP contribution is -1.96. The van der Waals surface area contributed by atoms with Crippen molar-refractivity contribution in [3.8, 4) is 61.3 Å². The van der Waals surface area contributed by atoms with E-state index in [1.165, 1.54) is 60.8 Å². The fourth-order valence-electron chi connectivity index (χ4n) is 8.02. The molecule has 0 unspecified atom stereocenters. The topological polar surface area (TPSA) is 17.0 Å². The van der Waals surface area contributed by atoms with Gasteiger partial charge in [0.05, 0.1) is 11.0 Å². The first-order valence-electron chi connectivity index (χ1n) is 19.2. The maximum Gasteiger partial charge on any atom is 0.0547 e. The summed E-state index contributed by atoms with van der Waals surface area (Å²) in [5.74, 6) is 0. The molecule has 0 amide bonds. The van der Waals surface area contributed by atoms with Crippen LogP contribution in [0.1, 0.15) is 0 Å². The molecule has 0 radical (unpaired) electrons. The zero-order chi connectivity index (χ0) is 37.3. The average molecular weight is 715 g/mol. The van der Waals surface area contributed by atoms with E-state index in [2.05, 4.69) is 234 Å². The monoisotopic (exact) mass is 714 g/mol. The van der Waals surface area contributed by atoms with Gasteiger partial charge >= 0.3 is 0 Å². The van der Waals surface area contributed by atoms with Crippen molar-refractivity contribution in [1.29, 1.82) is 0 Å². The molecule has 0 saturated heterocycles. The van der Waals surface area contributed by atoms with Crippen molar-refractivity contribution < 1.29 is 0 Å². The van der Waals surface area contributed by atoms with E-state index < -0.39 is 0 Å². The second kappa shape index (κ2) is 14.4. The average Bonchev–Trinajstić information content (AvgIpc) is 3.61. The van der Waals surface area contributed by atoms with Gasteiger partial charge in [-0.15, -0.1) is 0 Å². The van der Waals surface area contributed by atoms with Crippen molar-refractivity contribution >= 4 is 33.2 Å². The molecule has 1 aromatic heterocycles. The molecule has 0 atom stereocenters. The van der Waals surface area contributed by atoms with Gasteiger partial charge in [-0.25, -0.2) is 0 Å². The molecule has 0 fully saturated rings. The molecule has 0 saturated carbocycles. The van der Waals surface area contributed by atoms with Crippen molar-refractivity contribution in [2.45, 2.75) is 0 Å². The highest BCUT2D eigenvalue weighted by Gasteiger charge is 2.17. The van der Waals surface area contributed by atoms with Crippen LogP contribution in [0.3, 0.4) is 0 Å². The molecule has 0 aliphatic rings. The molecule has 264 valence electrons. The minimum Gasteiger partial charge on any atom is -0.355 e. The number of rotatable bonds is 8. The van der Waals surface area contributed by atoms with E-state index in [1.807, 2.05) is 0 Å². The summed E-state index contributed by atoms with van der Waals surface area (Å²) in [6.07, 6.45) is 0. The third kappa shape index (κ3) is 6.34. The molecular weight excluding hydrogens is 677 g/mol. The van der Waals surface area contributed by atoms with E-state index in [9.17, 15) is 0 Å². The summed E-state index contributed by atoms with van der Waals surface area (Å²) in [4.78, 5) is 0. The number of nitrogens with zero attached hydrogens (tertiary/aromatic N) is 1. The standard InChI is InChI=1S/C54H38N2/c1-5-16-38(17-6-1)42-24-15-25-47(33-42)55-52-31-29-43(36-51(52)41-22-11-4-12-23-41)44-28-30-50-49-26-13-14-27-53(49)56(54(50)37-44)48-34-45(39-18-7-2-8-19-39)32-46(35-48)40-20-9-3-10-21-40/h1-37,55H. The van der Waals surface area contributed by atoms with Crippen molar-refractivity contribution in [2.75, 3.05) is 5.32 Å². The lowest BCUT2D eigenvalue weighted by atomic mass is 9.96. The number of benzene rings is 9. The van der Waals surface area contributed by atoms with Crippen LogP contribution in [-0.2, 0) is 0 Å². The first-order valence-corrected chi connectivity index (χ1v) is 19.2. The number of anilines is 2. The molecule has 2 nitrogen and oxygen atoms in total. The largest absolute Gasteiger partial charge is 0.355 e. The summed E-state index contributed by atoms with van der Waals surface area (Å²) >= 11 is 0. The first-order chi connectivity index (χ1) is 27.7. The zero-order valence-corrected chi connectivity index (χ0v) is 30.8. The molecule has 0 aliphatic carbocycles. The minimum atomic E-state index is 1.05. The number of hydrogen-bond donors (Lipinski definition) is 1. The quantitative estimate of drug-likeness (QED) is 0.166. The molecule has 1 heterocycles. The van der Waals surface area contributed by atoms with Gasteiger partial charge in [-0.1, -0.05) is 170 Å². The Hall–Kier alpha value is -7.42. The lowest BCUT2D eigenvalue weighted by molar-refractivity contribution is 1.18. The fraction of sp³-hybridized carbons (Fsp3) is 0. The zero-order valence-electron chi connectivity index (χ0n) is 30.8. The molecule has 1 N–H and O–H groups in total. The highest BCUT2D eigenvalue weighted by molar-refractivity contribution is 6.10. The predicted molar refractivity (Wildman–Crippen MR) is 238 cm³/mol. The normalized spacial score (nSPS) is 11.2. The number of hydrogen-bond acceptors (Lipinski definition) is 1. The van der Waals surface area contributed by atoms with Crippen LogP contribution < -0.4 is 5.32 Å². The molecule has 0 bridgehead atoms. The SMILES string of the molecule is c1ccc(-c2cccc(Nc3ccc(-c4ccc5c6ccccc6n(-c6cc(-c7ccccc7)cc(-c7ccccc7)c6)c5c4)cc3-c3ccccc3)c2)cc1. The second-order valence-corrected chi connectivity index (χ2v) is 14.3. The van der Waals surface area contributed by atoms with Gasteiger partial charge in [0.1, 0.15) is 0 Å². The Labute approximate surface area is 327 Å². The van der Waals surface area contributed by atoms with Crippen LogP contribution in [0.25, 0.3) is 83.1 Å². The van der Waals surface area contributed by atoms with E-state index in [-0.39, 0.29) is 0 Å². The highest BCUT2D eigenvalue weighted by Crippen LogP contribution is 2.40. The number of fused-ring (bicyclic) bond motifs is 3. The van der Waals surface area contributed by atoms with Crippen molar-refractivity contribution in [3.63, 3.8) is 0 Å². The molecule has 9 aromatic carbocycles. The maximum atomic E-state index is 3.77. The van der Waals surface area contributed by atoms with Gasteiger partial charge in [0.2, 0.25) is 0 Å². The van der Waals surface area contributed by atoms with Gasteiger partial charge in [-0.2, -0.15) is 0 Å². The summed E-state index contributed by atoms with van der Waals surface area (Å²) in [7, 11) is 0. The molecule has 2 heteroatoms. The molecular formula is C54H38N2. The number of nitrogens with one attached hydrogen (secondary N) is 1. The molecule has 56 heavy (non-hydrogen) atoms. The Morgan fingerprint density at radius 3 is 1.45 bits per heavy atom. The highest BCUT2D eigenvalue weighted by atomic mass is 15.0. The number of para-hydroxylation sites is 1. The van der Waals surface area contributed by atoms with Gasteiger partial charge in [-0.05, 0) is 105 Å². The van der Waals surface area contributed by atoms with Crippen LogP contribution in [0.2, 0.25) is 0 Å². The van der Waals surface area contributed by atoms with Gasteiger partial charge in [0, 0.05) is 33.4 Å². The van der Waals surface area contributed by atoms with E-state index in [4.69, 9.17) is 0 Å². The molecule has 0 aliphatic heterocycles. The first kappa shape index (κ1) is 33.2. The van der Waals surface area contributed by atoms with Crippen molar-refractivity contribution in [2.24, 2.45) is 0 Å². The van der Waals surface area contributed by atoms with Crippen LogP contribution >= 0.6 is 0 Å². The third-order valence-corrected chi connectivity index (χ3v) is 10.8. The lowest BCUT2D eigenvalue weighted by Gasteiger charge is -2.16. The summed E-state index contributed by atoms with van der Waals surface area (Å²) in [6.45, 7) is 0. The van der Waals surface area contributed by atoms with E-state index in [0.29, 0.717) is 0 Å². The summed E-state index contributed by atoms with van der Waals surface area (Å²) in [5, 5.41) is 6.24. The van der Waals surface area contributed by atoms with E-state index in [1.54, 1.807) is 0 Å². The Kier molecular flexibility index (Phi) is 8.55. The minimum absolute atomic E-state index is 1.05. The van der Waals surface area contributed by atoms with Gasteiger partial charge in [0.15, 0.2) is 0 Å². The van der Waals surface area contributed by atoms with Gasteiger partial charge in [0.25, 0.3) is 0 Å². The van der Waals surface area contributed by atoms with Crippen LogP contribution in [0.5, 0.6) is 0 Å². The Bertz CT molecular complexity index is 2910. The van der Waals surface area contributed by atoms with E-state index in [0.717, 1.165) is 33.8 Å². The van der Waals surface area contributed by atoms with Crippen LogP contribution in [-0.4, -0.2) is 4.57 Å². The third-order valence-electron chi connectivity index (χ3n) is 10.8. The Morgan fingerprint density at radius 2 is 0.786 bits per heavy atom. The Morgan fingerprint density at radius 1 is 0.286 bits per heavy atom. The van der Waals surface area contributed by atoms with Gasteiger partial charge < -0.3 is 9.88 Å².